The number of rotatable bonds is 4. The van der Waals surface area contributed by atoms with Crippen molar-refractivity contribution in [2.45, 2.75) is 31.9 Å². The Morgan fingerprint density at radius 2 is 2.00 bits per heavy atom. The zero-order valence-corrected chi connectivity index (χ0v) is 12.2. The molecule has 4 nitrogen and oxygen atoms in total. The highest BCUT2D eigenvalue weighted by atomic mass is 32.2. The Bertz CT molecular complexity index is 524. The molecule has 1 aliphatic heterocycles. The predicted molar refractivity (Wildman–Crippen MR) is 77.2 cm³/mol. The summed E-state index contributed by atoms with van der Waals surface area (Å²) in [7, 11) is -0.928. The summed E-state index contributed by atoms with van der Waals surface area (Å²) >= 11 is 0. The van der Waals surface area contributed by atoms with Crippen LogP contribution >= 0.6 is 0 Å². The van der Waals surface area contributed by atoms with Crippen LogP contribution in [0.2, 0.25) is 0 Å². The standard InChI is InChI=1S/C14H21NO3S/c1-3-14(16)11-4-6-12(7-5-11)15(2)13-8-9-19(17,18)10-13/h4-7,13-14,16H,3,8-10H2,1-2H3/t13?,14-/m0/s1. The Morgan fingerprint density at radius 3 is 2.47 bits per heavy atom. The molecule has 2 atom stereocenters. The van der Waals surface area contributed by atoms with Crippen LogP contribution in [0.3, 0.4) is 0 Å². The summed E-state index contributed by atoms with van der Waals surface area (Å²) in [6, 6.07) is 7.76. The molecule has 2 rings (SSSR count). The maximum Gasteiger partial charge on any atom is 0.152 e. The molecule has 0 saturated carbocycles. The highest BCUT2D eigenvalue weighted by Gasteiger charge is 2.30. The average molecular weight is 283 g/mol. The van der Waals surface area contributed by atoms with Crippen LogP contribution in [-0.2, 0) is 9.84 Å². The van der Waals surface area contributed by atoms with E-state index >= 15 is 0 Å². The third-order valence-corrected chi connectivity index (χ3v) is 5.58. The molecule has 1 heterocycles. The van der Waals surface area contributed by atoms with Gasteiger partial charge in [-0.25, -0.2) is 8.42 Å². The van der Waals surface area contributed by atoms with Gasteiger partial charge < -0.3 is 10.0 Å². The zero-order valence-electron chi connectivity index (χ0n) is 11.4. The van der Waals surface area contributed by atoms with E-state index in [4.69, 9.17) is 0 Å². The van der Waals surface area contributed by atoms with Crippen LogP contribution < -0.4 is 4.90 Å². The first-order valence-corrected chi connectivity index (χ1v) is 8.46. The molecule has 1 unspecified atom stereocenters. The summed E-state index contributed by atoms with van der Waals surface area (Å²) in [6.07, 6.45) is 0.958. The normalized spacial score (nSPS) is 23.2. The van der Waals surface area contributed by atoms with Gasteiger partial charge in [0.1, 0.15) is 0 Å². The SMILES string of the molecule is CC[C@H](O)c1ccc(N(C)C2CCS(=O)(=O)C2)cc1. The van der Waals surface area contributed by atoms with Crippen LogP contribution in [0.25, 0.3) is 0 Å². The molecule has 1 saturated heterocycles. The van der Waals surface area contributed by atoms with Gasteiger partial charge in [-0.3, -0.25) is 0 Å². The number of anilines is 1. The van der Waals surface area contributed by atoms with E-state index < -0.39 is 15.9 Å². The van der Waals surface area contributed by atoms with Gasteiger partial charge in [-0.15, -0.1) is 0 Å². The minimum Gasteiger partial charge on any atom is -0.388 e. The first-order valence-electron chi connectivity index (χ1n) is 6.64. The van der Waals surface area contributed by atoms with Gasteiger partial charge >= 0.3 is 0 Å². The molecule has 0 spiro atoms. The predicted octanol–water partition coefficient (Wildman–Crippen LogP) is 1.75. The van der Waals surface area contributed by atoms with Crippen molar-refractivity contribution < 1.29 is 13.5 Å². The Morgan fingerprint density at radius 1 is 1.37 bits per heavy atom. The molecule has 106 valence electrons. The van der Waals surface area contributed by atoms with Crippen molar-refractivity contribution in [2.24, 2.45) is 0 Å². The lowest BCUT2D eigenvalue weighted by Gasteiger charge is -2.26. The van der Waals surface area contributed by atoms with Crippen molar-refractivity contribution in [1.29, 1.82) is 0 Å². The second kappa shape index (κ2) is 5.51. The molecular formula is C14H21NO3S. The number of sulfone groups is 1. The molecule has 1 aromatic rings. The van der Waals surface area contributed by atoms with E-state index in [0.717, 1.165) is 11.3 Å². The highest BCUT2D eigenvalue weighted by Crippen LogP contribution is 2.25. The van der Waals surface area contributed by atoms with Crippen LogP contribution in [-0.4, -0.2) is 38.1 Å². The lowest BCUT2D eigenvalue weighted by molar-refractivity contribution is 0.173. The van der Waals surface area contributed by atoms with Gasteiger partial charge in [0, 0.05) is 18.8 Å². The smallest absolute Gasteiger partial charge is 0.152 e. The summed E-state index contributed by atoms with van der Waals surface area (Å²) in [6.45, 7) is 1.94. The van der Waals surface area contributed by atoms with Crippen LogP contribution in [0, 0.1) is 0 Å². The van der Waals surface area contributed by atoms with Gasteiger partial charge in [0.25, 0.3) is 0 Å². The van der Waals surface area contributed by atoms with E-state index in [9.17, 15) is 13.5 Å². The monoisotopic (exact) mass is 283 g/mol. The van der Waals surface area contributed by atoms with Crippen molar-refractivity contribution in [3.05, 3.63) is 29.8 Å². The van der Waals surface area contributed by atoms with E-state index in [1.165, 1.54) is 0 Å². The van der Waals surface area contributed by atoms with Crippen LogP contribution in [0.4, 0.5) is 5.69 Å². The molecule has 0 aromatic heterocycles. The maximum atomic E-state index is 11.5. The Hall–Kier alpha value is -1.07. The lowest BCUT2D eigenvalue weighted by Crippen LogP contribution is -2.32. The molecule has 1 N–H and O–H groups in total. The van der Waals surface area contributed by atoms with Gasteiger partial charge in [0.2, 0.25) is 0 Å². The summed E-state index contributed by atoms with van der Waals surface area (Å²) in [5, 5.41) is 9.75. The largest absolute Gasteiger partial charge is 0.388 e. The van der Waals surface area contributed by atoms with Crippen LogP contribution in [0.5, 0.6) is 0 Å². The first kappa shape index (κ1) is 14.3. The molecule has 0 amide bonds. The van der Waals surface area contributed by atoms with E-state index in [1.54, 1.807) is 0 Å². The van der Waals surface area contributed by atoms with Crippen molar-refractivity contribution in [2.75, 3.05) is 23.5 Å². The molecule has 19 heavy (non-hydrogen) atoms. The summed E-state index contributed by atoms with van der Waals surface area (Å²) in [4.78, 5) is 2.02. The van der Waals surface area contributed by atoms with Gasteiger partial charge in [-0.05, 0) is 30.5 Å². The topological polar surface area (TPSA) is 57.6 Å². The van der Waals surface area contributed by atoms with Crippen molar-refractivity contribution in [3.8, 4) is 0 Å². The van der Waals surface area contributed by atoms with Gasteiger partial charge in [0.05, 0.1) is 17.6 Å². The summed E-state index contributed by atoms with van der Waals surface area (Å²) in [5.41, 5.74) is 1.90. The fourth-order valence-electron chi connectivity index (χ4n) is 2.46. The number of aliphatic hydroxyl groups excluding tert-OH is 1. The fraction of sp³-hybridized carbons (Fsp3) is 0.571. The summed E-state index contributed by atoms with van der Waals surface area (Å²) < 4.78 is 23.0. The number of benzene rings is 1. The molecule has 1 aromatic carbocycles. The minimum absolute atomic E-state index is 0.0620. The second-order valence-corrected chi connectivity index (χ2v) is 7.41. The van der Waals surface area contributed by atoms with Crippen molar-refractivity contribution in [3.63, 3.8) is 0 Å². The number of hydrogen-bond donors (Lipinski definition) is 1. The van der Waals surface area contributed by atoms with E-state index in [-0.39, 0.29) is 17.5 Å². The van der Waals surface area contributed by atoms with Crippen LogP contribution in [0.15, 0.2) is 24.3 Å². The third kappa shape index (κ3) is 3.28. The Balaban J connectivity index is 2.10. The fourth-order valence-corrected chi connectivity index (χ4v) is 4.23. The molecule has 5 heteroatoms. The van der Waals surface area contributed by atoms with E-state index in [0.29, 0.717) is 12.8 Å². The Labute approximate surface area is 115 Å². The summed E-state index contributed by atoms with van der Waals surface area (Å²) in [5.74, 6) is 0.525. The lowest BCUT2D eigenvalue weighted by atomic mass is 10.1. The zero-order chi connectivity index (χ0) is 14.0. The average Bonchev–Trinajstić information content (AvgIpc) is 2.77. The van der Waals surface area contributed by atoms with E-state index in [2.05, 4.69) is 0 Å². The molecule has 1 fully saturated rings. The molecule has 0 aliphatic carbocycles. The maximum absolute atomic E-state index is 11.5. The Kier molecular flexibility index (Phi) is 4.16. The van der Waals surface area contributed by atoms with Crippen molar-refractivity contribution in [1.82, 2.24) is 0 Å². The third-order valence-electron chi connectivity index (χ3n) is 3.83. The number of hydrogen-bond acceptors (Lipinski definition) is 4. The van der Waals surface area contributed by atoms with Gasteiger partial charge in [-0.2, -0.15) is 0 Å². The molecular weight excluding hydrogens is 262 g/mol. The van der Waals surface area contributed by atoms with Crippen molar-refractivity contribution >= 4 is 15.5 Å². The minimum atomic E-state index is -2.86. The number of aliphatic hydroxyl groups is 1. The molecule has 0 bridgehead atoms. The molecule has 1 aliphatic rings. The van der Waals surface area contributed by atoms with Gasteiger partial charge in [-0.1, -0.05) is 19.1 Å². The quantitative estimate of drug-likeness (QED) is 0.914. The second-order valence-electron chi connectivity index (χ2n) is 5.18. The highest BCUT2D eigenvalue weighted by molar-refractivity contribution is 7.91. The van der Waals surface area contributed by atoms with Gasteiger partial charge in [0.15, 0.2) is 9.84 Å². The molecule has 0 radical (unpaired) electrons. The van der Waals surface area contributed by atoms with E-state index in [1.807, 2.05) is 43.1 Å². The van der Waals surface area contributed by atoms with Crippen LogP contribution in [0.1, 0.15) is 31.4 Å². The number of nitrogens with zero attached hydrogens (tertiary/aromatic N) is 1. The first-order chi connectivity index (χ1) is 8.93.